The van der Waals surface area contributed by atoms with Crippen LogP contribution in [0.25, 0.3) is 5.65 Å². The first-order valence-corrected chi connectivity index (χ1v) is 10.0. The number of aromatic nitrogens is 4. The lowest BCUT2D eigenvalue weighted by Crippen LogP contribution is -2.70. The van der Waals surface area contributed by atoms with Crippen LogP contribution in [-0.2, 0) is 11.2 Å². The number of anilines is 1. The van der Waals surface area contributed by atoms with E-state index in [0.717, 1.165) is 48.1 Å². The van der Waals surface area contributed by atoms with Crippen molar-refractivity contribution in [2.75, 3.05) is 32.2 Å². The number of aryl methyl sites for hydroxylation is 1. The summed E-state index contributed by atoms with van der Waals surface area (Å²) >= 11 is 0. The second kappa shape index (κ2) is 7.16. The summed E-state index contributed by atoms with van der Waals surface area (Å²) in [5.41, 5.74) is 1.58. The van der Waals surface area contributed by atoms with Crippen LogP contribution in [0.1, 0.15) is 17.8 Å². The molecule has 2 atom stereocenters. The van der Waals surface area contributed by atoms with Crippen molar-refractivity contribution in [2.45, 2.75) is 31.8 Å². The van der Waals surface area contributed by atoms with Crippen molar-refractivity contribution in [2.24, 2.45) is 0 Å². The number of hydrogen-bond acceptors (Lipinski definition) is 7. The van der Waals surface area contributed by atoms with E-state index in [-0.39, 0.29) is 18.0 Å². The first kappa shape index (κ1) is 18.7. The molecule has 3 aromatic rings. The summed E-state index contributed by atoms with van der Waals surface area (Å²) < 4.78 is 12.5. The molecule has 3 saturated heterocycles. The molecule has 3 aliphatic rings. The van der Waals surface area contributed by atoms with Crippen molar-refractivity contribution in [3.05, 3.63) is 41.7 Å². The number of piperidine rings is 1. The van der Waals surface area contributed by atoms with Gasteiger partial charge in [-0.1, -0.05) is 0 Å². The van der Waals surface area contributed by atoms with Crippen LogP contribution in [0, 0.1) is 6.92 Å². The van der Waals surface area contributed by atoms with Crippen molar-refractivity contribution < 1.29 is 14.3 Å². The number of benzene rings is 1. The summed E-state index contributed by atoms with van der Waals surface area (Å²) in [7, 11) is 3.24. The zero-order valence-corrected chi connectivity index (χ0v) is 17.3. The topological polar surface area (TPSA) is 85.1 Å². The zero-order chi connectivity index (χ0) is 20.8. The molecule has 0 N–H and O–H groups in total. The fourth-order valence-corrected chi connectivity index (χ4v) is 4.53. The van der Waals surface area contributed by atoms with Crippen molar-refractivity contribution in [3.8, 4) is 11.5 Å². The molecule has 3 fully saturated rings. The number of ether oxygens (including phenoxy) is 2. The number of hydrogen-bond donors (Lipinski definition) is 0. The number of rotatable bonds is 5. The fraction of sp³-hybridized carbons (Fsp3) is 0.429. The van der Waals surface area contributed by atoms with Gasteiger partial charge in [0.05, 0.1) is 32.7 Å². The summed E-state index contributed by atoms with van der Waals surface area (Å²) in [5, 5.41) is 12.8. The number of carbonyl (C=O) groups is 1. The van der Waals surface area contributed by atoms with Crippen molar-refractivity contribution in [1.82, 2.24) is 24.7 Å². The van der Waals surface area contributed by atoms with E-state index >= 15 is 0 Å². The second-order valence-corrected chi connectivity index (χ2v) is 7.81. The van der Waals surface area contributed by atoms with Crippen LogP contribution >= 0.6 is 0 Å². The lowest BCUT2D eigenvalue weighted by atomic mass is 9.86. The zero-order valence-electron chi connectivity index (χ0n) is 17.3. The molecule has 1 aromatic carbocycles. The summed E-state index contributed by atoms with van der Waals surface area (Å²) in [6.45, 7) is 3.44. The van der Waals surface area contributed by atoms with Gasteiger partial charge in [-0.05, 0) is 43.7 Å². The van der Waals surface area contributed by atoms with Crippen molar-refractivity contribution in [3.63, 3.8) is 0 Å². The molecule has 0 aliphatic carbocycles. The average Bonchev–Trinajstić information content (AvgIpc) is 3.13. The third-order valence-electron chi connectivity index (χ3n) is 6.04. The summed E-state index contributed by atoms with van der Waals surface area (Å²) in [5.74, 6) is 3.21. The second-order valence-electron chi connectivity index (χ2n) is 7.81. The molecule has 0 radical (unpaired) electrons. The van der Waals surface area contributed by atoms with E-state index in [2.05, 4.69) is 20.2 Å². The summed E-state index contributed by atoms with van der Waals surface area (Å²) in [6.07, 6.45) is 1.34. The maximum atomic E-state index is 13.1. The molecule has 9 nitrogen and oxygen atoms in total. The van der Waals surface area contributed by atoms with Gasteiger partial charge in [0.1, 0.15) is 17.3 Å². The average molecular weight is 408 g/mol. The largest absolute Gasteiger partial charge is 0.497 e. The SMILES string of the molecule is COc1ccc(OC)c(CC(=O)N2C3CC2CN(c2ccc4nnc(C)n4n2)C3)c1. The van der Waals surface area contributed by atoms with E-state index in [1.165, 1.54) is 0 Å². The minimum absolute atomic E-state index is 0.125. The molecule has 6 rings (SSSR count). The molecule has 5 heterocycles. The van der Waals surface area contributed by atoms with E-state index in [1.54, 1.807) is 18.7 Å². The minimum atomic E-state index is 0.125. The van der Waals surface area contributed by atoms with Gasteiger partial charge >= 0.3 is 0 Å². The van der Waals surface area contributed by atoms with Crippen LogP contribution in [0.15, 0.2) is 30.3 Å². The Morgan fingerprint density at radius 2 is 1.90 bits per heavy atom. The highest BCUT2D eigenvalue weighted by atomic mass is 16.5. The Balaban J connectivity index is 1.30. The van der Waals surface area contributed by atoms with E-state index in [9.17, 15) is 4.79 Å². The Bertz CT molecular complexity index is 1100. The molecule has 1 amide bonds. The first-order valence-electron chi connectivity index (χ1n) is 10.0. The smallest absolute Gasteiger partial charge is 0.227 e. The van der Waals surface area contributed by atoms with Crippen LogP contribution in [0.5, 0.6) is 11.5 Å². The predicted molar refractivity (Wildman–Crippen MR) is 110 cm³/mol. The number of piperazine rings is 1. The monoisotopic (exact) mass is 408 g/mol. The highest BCUT2D eigenvalue weighted by molar-refractivity contribution is 5.81. The molecule has 9 heteroatoms. The molecular weight excluding hydrogens is 384 g/mol. The molecule has 3 aliphatic heterocycles. The van der Waals surface area contributed by atoms with E-state index in [1.807, 2.05) is 42.2 Å². The highest BCUT2D eigenvalue weighted by Crippen LogP contribution is 2.35. The van der Waals surface area contributed by atoms with E-state index in [4.69, 9.17) is 9.47 Å². The van der Waals surface area contributed by atoms with Gasteiger partial charge in [-0.3, -0.25) is 4.79 Å². The molecule has 2 aromatic heterocycles. The maximum absolute atomic E-state index is 13.1. The molecule has 0 saturated carbocycles. The van der Waals surface area contributed by atoms with E-state index < -0.39 is 0 Å². The molecule has 30 heavy (non-hydrogen) atoms. The van der Waals surface area contributed by atoms with Gasteiger partial charge in [-0.2, -0.15) is 4.52 Å². The van der Waals surface area contributed by atoms with Gasteiger partial charge in [0.15, 0.2) is 11.5 Å². The Labute approximate surface area is 174 Å². The maximum Gasteiger partial charge on any atom is 0.227 e. The van der Waals surface area contributed by atoms with Gasteiger partial charge in [0, 0.05) is 18.7 Å². The number of methoxy groups -OCH3 is 2. The first-order chi connectivity index (χ1) is 14.6. The predicted octanol–water partition coefficient (Wildman–Crippen LogP) is 1.48. The third-order valence-corrected chi connectivity index (χ3v) is 6.04. The summed E-state index contributed by atoms with van der Waals surface area (Å²) in [4.78, 5) is 17.3. The van der Waals surface area contributed by atoms with Crippen molar-refractivity contribution in [1.29, 1.82) is 0 Å². The van der Waals surface area contributed by atoms with Gasteiger partial charge in [-0.15, -0.1) is 15.3 Å². The normalized spacial score (nSPS) is 20.2. The van der Waals surface area contributed by atoms with Crippen molar-refractivity contribution >= 4 is 17.4 Å². The molecular formula is C21H24N6O3. The molecule has 0 spiro atoms. The van der Waals surface area contributed by atoms with Gasteiger partial charge in [0.25, 0.3) is 0 Å². The van der Waals surface area contributed by atoms with Crippen LogP contribution in [0.3, 0.4) is 0 Å². The highest BCUT2D eigenvalue weighted by Gasteiger charge is 2.47. The fourth-order valence-electron chi connectivity index (χ4n) is 4.53. The van der Waals surface area contributed by atoms with Crippen LogP contribution in [-0.4, -0.2) is 70.0 Å². The van der Waals surface area contributed by atoms with Crippen LogP contribution in [0.4, 0.5) is 5.82 Å². The molecule has 2 unspecified atom stereocenters. The third kappa shape index (κ3) is 3.01. The number of nitrogens with zero attached hydrogens (tertiary/aromatic N) is 6. The Kier molecular flexibility index (Phi) is 4.45. The van der Waals surface area contributed by atoms with Crippen LogP contribution < -0.4 is 14.4 Å². The standard InChI is InChI=1S/C21H24N6O3/c1-13-22-23-19-6-7-20(24-27(13)19)25-11-15-10-16(12-25)26(15)21(28)9-14-8-17(29-2)4-5-18(14)30-3/h4-8,15-16H,9-12H2,1-3H3. The van der Waals surface area contributed by atoms with E-state index in [0.29, 0.717) is 12.2 Å². The number of amides is 1. The Morgan fingerprint density at radius 1 is 1.10 bits per heavy atom. The lowest BCUT2D eigenvalue weighted by Gasteiger charge is -2.56. The van der Waals surface area contributed by atoms with Crippen LogP contribution in [0.2, 0.25) is 0 Å². The Morgan fingerprint density at radius 3 is 2.63 bits per heavy atom. The van der Waals surface area contributed by atoms with Gasteiger partial charge in [0.2, 0.25) is 5.91 Å². The number of fused-ring (bicyclic) bond motifs is 3. The molecule has 156 valence electrons. The lowest BCUT2D eigenvalue weighted by molar-refractivity contribution is -0.145. The minimum Gasteiger partial charge on any atom is -0.497 e. The Hall–Kier alpha value is -3.36. The molecule has 2 bridgehead atoms. The summed E-state index contributed by atoms with van der Waals surface area (Å²) in [6, 6.07) is 9.86. The number of carbonyl (C=O) groups excluding carboxylic acids is 1. The van der Waals surface area contributed by atoms with Gasteiger partial charge < -0.3 is 19.3 Å². The quantitative estimate of drug-likeness (QED) is 0.632. The van der Waals surface area contributed by atoms with Gasteiger partial charge in [-0.25, -0.2) is 0 Å².